The first-order valence-electron chi connectivity index (χ1n) is 6.25. The van der Waals surface area contributed by atoms with E-state index >= 15 is 0 Å². The van der Waals surface area contributed by atoms with Gasteiger partial charge in [0.2, 0.25) is 0 Å². The summed E-state index contributed by atoms with van der Waals surface area (Å²) < 4.78 is 7.95. The van der Waals surface area contributed by atoms with Crippen molar-refractivity contribution in [3.8, 4) is 0 Å². The van der Waals surface area contributed by atoms with Gasteiger partial charge in [0.15, 0.2) is 0 Å². The van der Waals surface area contributed by atoms with E-state index in [2.05, 4.69) is 23.2 Å². The monoisotopic (exact) mass is 286 g/mol. The molecule has 102 valence electrons. The van der Waals surface area contributed by atoms with E-state index in [0.29, 0.717) is 4.88 Å². The van der Waals surface area contributed by atoms with Crippen LogP contribution in [0.4, 0.5) is 0 Å². The Balaban J connectivity index is 2.02. The van der Waals surface area contributed by atoms with Crippen LogP contribution >= 0.6 is 11.3 Å². The topological polar surface area (TPSA) is 44.1 Å². The molecule has 3 rings (SSSR count). The molecule has 20 heavy (non-hydrogen) atoms. The Hall–Kier alpha value is -2.14. The van der Waals surface area contributed by atoms with Crippen molar-refractivity contribution in [3.63, 3.8) is 0 Å². The van der Waals surface area contributed by atoms with Crippen LogP contribution in [0.3, 0.4) is 0 Å². The molecule has 5 heteroatoms. The number of aromatic nitrogens is 2. The molecule has 2 heterocycles. The zero-order chi connectivity index (χ0) is 14.1. The normalized spacial score (nSPS) is 10.9. The second-order valence-corrected chi connectivity index (χ2v) is 5.67. The Morgan fingerprint density at radius 2 is 2.30 bits per heavy atom. The first-order chi connectivity index (χ1) is 9.69. The molecule has 0 saturated carbocycles. The lowest BCUT2D eigenvalue weighted by Gasteiger charge is -2.03. The molecule has 0 unspecified atom stereocenters. The zero-order valence-electron chi connectivity index (χ0n) is 11.3. The van der Waals surface area contributed by atoms with E-state index in [1.807, 2.05) is 17.7 Å². The molecule has 0 radical (unpaired) electrons. The van der Waals surface area contributed by atoms with Crippen LogP contribution in [0, 0.1) is 6.92 Å². The van der Waals surface area contributed by atoms with E-state index in [9.17, 15) is 4.79 Å². The maximum atomic E-state index is 11.7. The number of rotatable bonds is 3. The number of benzene rings is 1. The van der Waals surface area contributed by atoms with Crippen LogP contribution in [0.5, 0.6) is 0 Å². The zero-order valence-corrected chi connectivity index (χ0v) is 12.1. The third-order valence-corrected chi connectivity index (χ3v) is 4.55. The van der Waals surface area contributed by atoms with Crippen LogP contribution in [-0.2, 0) is 11.3 Å². The van der Waals surface area contributed by atoms with Crippen molar-refractivity contribution in [2.24, 2.45) is 0 Å². The minimum Gasteiger partial charge on any atom is -0.465 e. The molecule has 0 aliphatic rings. The summed E-state index contributed by atoms with van der Waals surface area (Å²) >= 11 is 1.48. The quantitative estimate of drug-likeness (QED) is 0.694. The van der Waals surface area contributed by atoms with Gasteiger partial charge in [0, 0.05) is 23.6 Å². The van der Waals surface area contributed by atoms with Crippen molar-refractivity contribution in [1.82, 2.24) is 9.55 Å². The molecule has 0 amide bonds. The minimum absolute atomic E-state index is 0.264. The highest BCUT2D eigenvalue weighted by Crippen LogP contribution is 2.32. The number of aryl methyl sites for hydroxylation is 1. The highest BCUT2D eigenvalue weighted by Gasteiger charge is 2.15. The lowest BCUT2D eigenvalue weighted by molar-refractivity contribution is 0.0605. The SMILES string of the molecule is COC(=O)c1sc2ccc(Cn3ccnc3)cc2c1C. The number of esters is 1. The van der Waals surface area contributed by atoms with Crippen LogP contribution in [0.15, 0.2) is 36.9 Å². The average molecular weight is 286 g/mol. The van der Waals surface area contributed by atoms with Gasteiger partial charge in [-0.05, 0) is 35.6 Å². The summed E-state index contributed by atoms with van der Waals surface area (Å²) in [5.74, 6) is -0.264. The van der Waals surface area contributed by atoms with Gasteiger partial charge in [0.1, 0.15) is 4.88 Å². The van der Waals surface area contributed by atoms with E-state index in [0.717, 1.165) is 22.2 Å². The molecular weight excluding hydrogens is 272 g/mol. The molecule has 0 fully saturated rings. The fraction of sp³-hybridized carbons (Fsp3) is 0.200. The van der Waals surface area contributed by atoms with Crippen molar-refractivity contribution < 1.29 is 9.53 Å². The van der Waals surface area contributed by atoms with Gasteiger partial charge in [-0.25, -0.2) is 9.78 Å². The maximum absolute atomic E-state index is 11.7. The average Bonchev–Trinajstić information content (AvgIpc) is 3.07. The fourth-order valence-electron chi connectivity index (χ4n) is 2.24. The Bertz CT molecular complexity index is 760. The number of hydrogen-bond acceptors (Lipinski definition) is 4. The lowest BCUT2D eigenvalue weighted by Crippen LogP contribution is -1.99. The van der Waals surface area contributed by atoms with Gasteiger partial charge in [-0.3, -0.25) is 0 Å². The Kier molecular flexibility index (Phi) is 3.28. The van der Waals surface area contributed by atoms with E-state index < -0.39 is 0 Å². The highest BCUT2D eigenvalue weighted by molar-refractivity contribution is 7.21. The highest BCUT2D eigenvalue weighted by atomic mass is 32.1. The number of imidazole rings is 1. The largest absolute Gasteiger partial charge is 0.465 e. The molecular formula is C15H14N2O2S. The second-order valence-electron chi connectivity index (χ2n) is 4.61. The molecule has 0 aliphatic heterocycles. The van der Waals surface area contributed by atoms with Crippen LogP contribution in [0.25, 0.3) is 10.1 Å². The summed E-state index contributed by atoms with van der Waals surface area (Å²) in [5, 5.41) is 1.12. The van der Waals surface area contributed by atoms with Gasteiger partial charge in [-0.15, -0.1) is 11.3 Å². The van der Waals surface area contributed by atoms with Crippen molar-refractivity contribution >= 4 is 27.4 Å². The van der Waals surface area contributed by atoms with E-state index in [1.165, 1.54) is 24.0 Å². The Morgan fingerprint density at radius 1 is 1.45 bits per heavy atom. The summed E-state index contributed by atoms with van der Waals surface area (Å²) in [6.07, 6.45) is 5.50. The number of thiophene rings is 1. The van der Waals surface area contributed by atoms with Gasteiger partial charge >= 0.3 is 5.97 Å². The van der Waals surface area contributed by atoms with Crippen LogP contribution in [-0.4, -0.2) is 22.6 Å². The molecule has 0 atom stereocenters. The third kappa shape index (κ3) is 2.20. The number of methoxy groups -OCH3 is 1. The van der Waals surface area contributed by atoms with Crippen molar-refractivity contribution in [2.45, 2.75) is 13.5 Å². The molecule has 4 nitrogen and oxygen atoms in total. The number of fused-ring (bicyclic) bond motifs is 1. The predicted octanol–water partition coefficient (Wildman–Crippen LogP) is 3.24. The Labute approximate surface area is 120 Å². The smallest absolute Gasteiger partial charge is 0.348 e. The summed E-state index contributed by atoms with van der Waals surface area (Å²) in [7, 11) is 1.41. The maximum Gasteiger partial charge on any atom is 0.348 e. The molecule has 2 aromatic heterocycles. The van der Waals surface area contributed by atoms with Crippen LogP contribution in [0.1, 0.15) is 20.8 Å². The van der Waals surface area contributed by atoms with Gasteiger partial charge in [-0.2, -0.15) is 0 Å². The molecule has 0 aliphatic carbocycles. The molecule has 1 aromatic carbocycles. The van der Waals surface area contributed by atoms with E-state index in [4.69, 9.17) is 4.74 Å². The number of carbonyl (C=O) groups is 1. The van der Waals surface area contributed by atoms with Gasteiger partial charge < -0.3 is 9.30 Å². The third-order valence-electron chi connectivity index (χ3n) is 3.30. The molecule has 0 N–H and O–H groups in total. The summed E-state index contributed by atoms with van der Waals surface area (Å²) in [6, 6.07) is 6.28. The number of hydrogen-bond donors (Lipinski definition) is 0. The van der Waals surface area contributed by atoms with Crippen LogP contribution < -0.4 is 0 Å². The van der Waals surface area contributed by atoms with Crippen molar-refractivity contribution in [1.29, 1.82) is 0 Å². The van der Waals surface area contributed by atoms with Crippen molar-refractivity contribution in [2.75, 3.05) is 7.11 Å². The first-order valence-corrected chi connectivity index (χ1v) is 7.07. The van der Waals surface area contributed by atoms with E-state index in [-0.39, 0.29) is 5.97 Å². The minimum atomic E-state index is -0.264. The number of carbonyl (C=O) groups excluding carboxylic acids is 1. The summed E-state index contributed by atoms with van der Waals surface area (Å²) in [5.41, 5.74) is 2.18. The summed E-state index contributed by atoms with van der Waals surface area (Å²) in [6.45, 7) is 2.74. The second kappa shape index (κ2) is 5.09. The molecule has 0 saturated heterocycles. The predicted molar refractivity (Wildman–Crippen MR) is 79.2 cm³/mol. The van der Waals surface area contributed by atoms with Gasteiger partial charge in [-0.1, -0.05) is 6.07 Å². The fourth-order valence-corrected chi connectivity index (χ4v) is 3.35. The van der Waals surface area contributed by atoms with Crippen molar-refractivity contribution in [3.05, 3.63) is 52.9 Å². The molecule has 3 aromatic rings. The summed E-state index contributed by atoms with van der Waals surface area (Å²) in [4.78, 5) is 16.4. The van der Waals surface area contributed by atoms with Gasteiger partial charge in [0.05, 0.1) is 13.4 Å². The number of ether oxygens (including phenoxy) is 1. The van der Waals surface area contributed by atoms with Gasteiger partial charge in [0.25, 0.3) is 0 Å². The first kappa shape index (κ1) is 12.9. The van der Waals surface area contributed by atoms with E-state index in [1.54, 1.807) is 12.5 Å². The van der Waals surface area contributed by atoms with Crippen LogP contribution in [0.2, 0.25) is 0 Å². The number of nitrogens with zero attached hydrogens (tertiary/aromatic N) is 2. The molecule has 0 spiro atoms. The molecule has 0 bridgehead atoms. The Morgan fingerprint density at radius 3 is 3.00 bits per heavy atom. The standard InChI is InChI=1S/C15H14N2O2S/c1-10-12-7-11(8-17-6-5-16-9-17)3-4-13(12)20-14(10)15(18)19-2/h3-7,9H,8H2,1-2H3. The lowest BCUT2D eigenvalue weighted by atomic mass is 10.1.